The van der Waals surface area contributed by atoms with Crippen LogP contribution in [-0.4, -0.2) is 25.1 Å². The molecular formula is C18H15ClF3NO4. The van der Waals surface area contributed by atoms with Gasteiger partial charge in [0.2, 0.25) is 0 Å². The van der Waals surface area contributed by atoms with E-state index >= 15 is 0 Å². The number of anilines is 1. The van der Waals surface area contributed by atoms with E-state index in [9.17, 15) is 22.8 Å². The maximum Gasteiger partial charge on any atom is 0.418 e. The first-order valence-electron chi connectivity index (χ1n) is 7.65. The van der Waals surface area contributed by atoms with Crippen LogP contribution in [0.2, 0.25) is 5.02 Å². The molecule has 144 valence electrons. The minimum absolute atomic E-state index is 0.0136. The Hall–Kier alpha value is -2.74. The molecule has 0 saturated carbocycles. The predicted molar refractivity (Wildman–Crippen MR) is 93.0 cm³/mol. The van der Waals surface area contributed by atoms with Gasteiger partial charge >= 0.3 is 12.1 Å². The quantitative estimate of drug-likeness (QED) is 0.746. The minimum atomic E-state index is -4.64. The molecule has 0 bridgehead atoms. The minimum Gasteiger partial charge on any atom is -0.496 e. The summed E-state index contributed by atoms with van der Waals surface area (Å²) in [6, 6.07) is 8.74. The predicted octanol–water partition coefficient (Wildman–Crippen LogP) is 4.55. The molecular weight excluding hydrogens is 387 g/mol. The number of ether oxygens (including phenoxy) is 2. The summed E-state index contributed by atoms with van der Waals surface area (Å²) in [4.78, 5) is 24.4. The summed E-state index contributed by atoms with van der Waals surface area (Å²) in [5, 5.41) is 2.37. The Morgan fingerprint density at radius 3 is 2.44 bits per heavy atom. The van der Waals surface area contributed by atoms with Crippen molar-refractivity contribution in [2.45, 2.75) is 19.2 Å². The lowest BCUT2D eigenvalue weighted by Crippen LogP contribution is -2.31. The van der Waals surface area contributed by atoms with Gasteiger partial charge in [0.05, 0.1) is 18.4 Å². The van der Waals surface area contributed by atoms with Crippen LogP contribution in [0.4, 0.5) is 18.9 Å². The van der Waals surface area contributed by atoms with Crippen molar-refractivity contribution in [2.24, 2.45) is 0 Å². The topological polar surface area (TPSA) is 64.6 Å². The highest BCUT2D eigenvalue weighted by atomic mass is 35.5. The number of rotatable bonds is 5. The van der Waals surface area contributed by atoms with E-state index in [1.54, 1.807) is 0 Å². The van der Waals surface area contributed by atoms with Crippen molar-refractivity contribution in [3.63, 3.8) is 0 Å². The summed E-state index contributed by atoms with van der Waals surface area (Å²) in [6.45, 7) is 1.24. The van der Waals surface area contributed by atoms with Crippen LogP contribution in [0.3, 0.4) is 0 Å². The second-order valence-corrected chi connectivity index (χ2v) is 5.86. The van der Waals surface area contributed by atoms with Crippen LogP contribution in [-0.2, 0) is 15.7 Å². The Balaban J connectivity index is 2.13. The third-order valence-electron chi connectivity index (χ3n) is 3.52. The average molecular weight is 402 g/mol. The Bertz CT molecular complexity index is 855. The molecule has 0 spiro atoms. The number of nitrogens with one attached hydrogen (secondary N) is 1. The van der Waals surface area contributed by atoms with Gasteiger partial charge in [0.1, 0.15) is 11.3 Å². The van der Waals surface area contributed by atoms with Gasteiger partial charge in [0, 0.05) is 5.02 Å². The molecule has 0 radical (unpaired) electrons. The van der Waals surface area contributed by atoms with E-state index in [1.807, 2.05) is 0 Å². The number of carbonyl (C=O) groups is 2. The fourth-order valence-corrected chi connectivity index (χ4v) is 2.36. The molecule has 0 aliphatic heterocycles. The molecule has 0 heterocycles. The number of carbonyl (C=O) groups excluding carboxylic acids is 2. The average Bonchev–Trinajstić information content (AvgIpc) is 2.61. The Morgan fingerprint density at radius 1 is 1.15 bits per heavy atom. The van der Waals surface area contributed by atoms with E-state index in [-0.39, 0.29) is 16.3 Å². The van der Waals surface area contributed by atoms with Gasteiger partial charge < -0.3 is 14.8 Å². The lowest BCUT2D eigenvalue weighted by molar-refractivity contribution is -0.137. The van der Waals surface area contributed by atoms with E-state index in [0.29, 0.717) is 0 Å². The number of para-hydroxylation sites is 1. The van der Waals surface area contributed by atoms with Crippen LogP contribution in [0, 0.1) is 0 Å². The summed E-state index contributed by atoms with van der Waals surface area (Å²) in [6.07, 6.45) is -6.00. The highest BCUT2D eigenvalue weighted by Crippen LogP contribution is 2.34. The summed E-state index contributed by atoms with van der Waals surface area (Å²) in [7, 11) is 1.34. The van der Waals surface area contributed by atoms with Crippen molar-refractivity contribution >= 4 is 29.2 Å². The fourth-order valence-electron chi connectivity index (χ4n) is 2.19. The summed E-state index contributed by atoms with van der Waals surface area (Å²) >= 11 is 5.84. The van der Waals surface area contributed by atoms with Crippen molar-refractivity contribution < 1.29 is 32.2 Å². The third-order valence-corrected chi connectivity index (χ3v) is 3.76. The van der Waals surface area contributed by atoms with Crippen LogP contribution in [0.5, 0.6) is 5.75 Å². The Kier molecular flexibility index (Phi) is 6.32. The number of halogens is 4. The maximum absolute atomic E-state index is 13.0. The normalized spacial score (nSPS) is 12.2. The lowest BCUT2D eigenvalue weighted by Gasteiger charge is -2.17. The van der Waals surface area contributed by atoms with Crippen LogP contribution in [0.1, 0.15) is 22.8 Å². The highest BCUT2D eigenvalue weighted by Gasteiger charge is 2.34. The SMILES string of the molecule is COc1ccc(Cl)cc1C(=O)O[C@@H](C)C(=O)Nc1ccccc1C(F)(F)F. The molecule has 2 rings (SSSR count). The molecule has 1 amide bonds. The van der Waals surface area contributed by atoms with Gasteiger partial charge in [-0.15, -0.1) is 0 Å². The van der Waals surface area contributed by atoms with Gasteiger partial charge in [0.25, 0.3) is 5.91 Å². The first-order valence-corrected chi connectivity index (χ1v) is 8.03. The first-order chi connectivity index (χ1) is 12.6. The van der Waals surface area contributed by atoms with Crippen molar-refractivity contribution in [2.75, 3.05) is 12.4 Å². The maximum atomic E-state index is 13.0. The Morgan fingerprint density at radius 2 is 1.81 bits per heavy atom. The molecule has 1 atom stereocenters. The number of methoxy groups -OCH3 is 1. The van der Waals surface area contributed by atoms with E-state index in [0.717, 1.165) is 12.1 Å². The van der Waals surface area contributed by atoms with Crippen molar-refractivity contribution in [3.05, 3.63) is 58.6 Å². The molecule has 9 heteroatoms. The molecule has 0 aliphatic carbocycles. The molecule has 2 aromatic carbocycles. The molecule has 0 aliphatic rings. The number of esters is 1. The zero-order valence-electron chi connectivity index (χ0n) is 14.3. The second-order valence-electron chi connectivity index (χ2n) is 5.42. The van der Waals surface area contributed by atoms with Gasteiger partial charge in [0.15, 0.2) is 6.10 Å². The monoisotopic (exact) mass is 401 g/mol. The largest absolute Gasteiger partial charge is 0.496 e. The van der Waals surface area contributed by atoms with Gasteiger partial charge in [-0.1, -0.05) is 23.7 Å². The zero-order chi connectivity index (χ0) is 20.2. The van der Waals surface area contributed by atoms with Gasteiger partial charge in [-0.3, -0.25) is 4.79 Å². The molecule has 5 nitrogen and oxygen atoms in total. The lowest BCUT2D eigenvalue weighted by atomic mass is 10.1. The highest BCUT2D eigenvalue weighted by molar-refractivity contribution is 6.31. The standard InChI is InChI=1S/C18H15ClF3NO4/c1-10(27-17(25)12-9-11(19)7-8-15(12)26-2)16(24)23-14-6-4-3-5-13(14)18(20,21)22/h3-10H,1-2H3,(H,23,24)/t10-/m0/s1. The molecule has 0 unspecified atom stereocenters. The van der Waals surface area contributed by atoms with Gasteiger partial charge in [-0.2, -0.15) is 13.2 Å². The number of hydrogen-bond acceptors (Lipinski definition) is 4. The molecule has 2 aromatic rings. The number of amides is 1. The van der Waals surface area contributed by atoms with Crippen LogP contribution < -0.4 is 10.1 Å². The van der Waals surface area contributed by atoms with Crippen molar-refractivity contribution in [1.29, 1.82) is 0 Å². The molecule has 0 fully saturated rings. The Labute approximate surface area is 158 Å². The van der Waals surface area contributed by atoms with E-state index < -0.39 is 35.4 Å². The summed E-state index contributed by atoms with van der Waals surface area (Å²) in [5.41, 5.74) is -1.45. The second kappa shape index (κ2) is 8.30. The summed E-state index contributed by atoms with van der Waals surface area (Å²) in [5.74, 6) is -1.64. The van der Waals surface area contributed by atoms with Crippen LogP contribution in [0.15, 0.2) is 42.5 Å². The third kappa shape index (κ3) is 5.13. The van der Waals surface area contributed by atoms with E-state index in [2.05, 4.69) is 5.32 Å². The molecule has 1 N–H and O–H groups in total. The smallest absolute Gasteiger partial charge is 0.418 e. The van der Waals surface area contributed by atoms with Gasteiger partial charge in [-0.05, 0) is 37.3 Å². The van der Waals surface area contributed by atoms with Crippen LogP contribution >= 0.6 is 11.6 Å². The zero-order valence-corrected chi connectivity index (χ0v) is 15.0. The number of alkyl halides is 3. The van der Waals surface area contributed by atoms with Crippen molar-refractivity contribution in [3.8, 4) is 5.75 Å². The molecule has 27 heavy (non-hydrogen) atoms. The fraction of sp³-hybridized carbons (Fsp3) is 0.222. The van der Waals surface area contributed by atoms with E-state index in [1.165, 1.54) is 44.4 Å². The van der Waals surface area contributed by atoms with Crippen LogP contribution in [0.25, 0.3) is 0 Å². The van der Waals surface area contributed by atoms with Gasteiger partial charge in [-0.25, -0.2) is 4.79 Å². The number of benzene rings is 2. The van der Waals surface area contributed by atoms with E-state index in [4.69, 9.17) is 21.1 Å². The molecule has 0 saturated heterocycles. The molecule has 0 aromatic heterocycles. The first kappa shape index (κ1) is 20.6. The summed E-state index contributed by atoms with van der Waals surface area (Å²) < 4.78 is 49.0. The van der Waals surface area contributed by atoms with Crippen molar-refractivity contribution in [1.82, 2.24) is 0 Å². The number of hydrogen-bond donors (Lipinski definition) is 1.